The first-order valence-corrected chi connectivity index (χ1v) is 6.73. The molecule has 0 fully saturated rings. The molecule has 1 unspecified atom stereocenters. The van der Waals surface area contributed by atoms with Crippen molar-refractivity contribution in [2.24, 2.45) is 11.7 Å². The summed E-state index contributed by atoms with van der Waals surface area (Å²) in [5.41, 5.74) is 8.13. The highest BCUT2D eigenvalue weighted by molar-refractivity contribution is 5.28. The van der Waals surface area contributed by atoms with Crippen molar-refractivity contribution in [3.05, 3.63) is 65.7 Å². The molecule has 0 aromatic heterocycles. The van der Waals surface area contributed by atoms with Gasteiger partial charge in [0, 0.05) is 0 Å². The summed E-state index contributed by atoms with van der Waals surface area (Å²) in [4.78, 5) is 0. The third-order valence-corrected chi connectivity index (χ3v) is 3.16. The van der Waals surface area contributed by atoms with Crippen molar-refractivity contribution in [2.45, 2.75) is 20.0 Å². The Labute approximate surface area is 115 Å². The first-order chi connectivity index (χ1) is 9.28. The van der Waals surface area contributed by atoms with Crippen LogP contribution in [0.1, 0.15) is 18.1 Å². The normalized spacial score (nSPS) is 12.1. The van der Waals surface area contributed by atoms with Gasteiger partial charge < -0.3 is 10.5 Å². The molecule has 2 aromatic carbocycles. The molecule has 0 heterocycles. The maximum absolute atomic E-state index is 5.75. The van der Waals surface area contributed by atoms with E-state index in [1.165, 1.54) is 11.1 Å². The Kier molecular flexibility index (Phi) is 4.99. The van der Waals surface area contributed by atoms with Crippen molar-refractivity contribution in [2.75, 3.05) is 6.54 Å². The molecule has 0 saturated heterocycles. The smallest absolute Gasteiger partial charge is 0.119 e. The predicted molar refractivity (Wildman–Crippen MR) is 79.1 cm³/mol. The van der Waals surface area contributed by atoms with Crippen LogP contribution in [0.4, 0.5) is 0 Å². The van der Waals surface area contributed by atoms with Crippen molar-refractivity contribution < 1.29 is 4.74 Å². The predicted octanol–water partition coefficient (Wildman–Crippen LogP) is 3.40. The summed E-state index contributed by atoms with van der Waals surface area (Å²) in [6, 6.07) is 18.5. The second-order valence-electron chi connectivity index (χ2n) is 4.96. The average molecular weight is 255 g/mol. The summed E-state index contributed by atoms with van der Waals surface area (Å²) < 4.78 is 5.75. The lowest BCUT2D eigenvalue weighted by atomic mass is 10.0. The van der Waals surface area contributed by atoms with Crippen LogP contribution in [0.15, 0.2) is 54.6 Å². The van der Waals surface area contributed by atoms with Gasteiger partial charge in [0.15, 0.2) is 0 Å². The van der Waals surface area contributed by atoms with Crippen LogP contribution in [0.2, 0.25) is 0 Å². The minimum absolute atomic E-state index is 0.524. The standard InChI is InChI=1S/C17H21NO/c1-14(12-18)11-15-7-9-17(10-8-15)19-13-16-5-3-2-4-6-16/h2-10,14H,11-13,18H2,1H3. The van der Waals surface area contributed by atoms with Crippen LogP contribution >= 0.6 is 0 Å². The van der Waals surface area contributed by atoms with Crippen LogP contribution in [0.25, 0.3) is 0 Å². The van der Waals surface area contributed by atoms with E-state index in [1.807, 2.05) is 30.3 Å². The SMILES string of the molecule is CC(CN)Cc1ccc(OCc2ccccc2)cc1. The molecule has 0 aliphatic heterocycles. The zero-order valence-corrected chi connectivity index (χ0v) is 11.4. The Morgan fingerprint density at radius 2 is 1.63 bits per heavy atom. The van der Waals surface area contributed by atoms with Crippen LogP contribution in [0.3, 0.4) is 0 Å². The molecular weight excluding hydrogens is 234 g/mol. The van der Waals surface area contributed by atoms with Gasteiger partial charge in [0.05, 0.1) is 0 Å². The van der Waals surface area contributed by atoms with Gasteiger partial charge >= 0.3 is 0 Å². The monoisotopic (exact) mass is 255 g/mol. The molecule has 0 spiro atoms. The molecule has 2 nitrogen and oxygen atoms in total. The van der Waals surface area contributed by atoms with E-state index >= 15 is 0 Å². The maximum Gasteiger partial charge on any atom is 0.119 e. The molecule has 0 aliphatic carbocycles. The van der Waals surface area contributed by atoms with Gasteiger partial charge in [-0.2, -0.15) is 0 Å². The number of hydrogen-bond donors (Lipinski definition) is 1. The van der Waals surface area contributed by atoms with E-state index in [0.29, 0.717) is 12.5 Å². The van der Waals surface area contributed by atoms with Crippen LogP contribution in [0.5, 0.6) is 5.75 Å². The quantitative estimate of drug-likeness (QED) is 0.858. The summed E-state index contributed by atoms with van der Waals surface area (Å²) in [7, 11) is 0. The van der Waals surface area contributed by atoms with Crippen molar-refractivity contribution in [3.63, 3.8) is 0 Å². The molecule has 2 N–H and O–H groups in total. The summed E-state index contributed by atoms with van der Waals surface area (Å²) in [6.07, 6.45) is 1.02. The molecule has 100 valence electrons. The summed E-state index contributed by atoms with van der Waals surface area (Å²) in [5, 5.41) is 0. The lowest BCUT2D eigenvalue weighted by Crippen LogP contribution is -2.12. The lowest BCUT2D eigenvalue weighted by molar-refractivity contribution is 0.306. The molecule has 19 heavy (non-hydrogen) atoms. The molecule has 0 radical (unpaired) electrons. The van der Waals surface area contributed by atoms with Gasteiger partial charge in [0.2, 0.25) is 0 Å². The van der Waals surface area contributed by atoms with E-state index in [4.69, 9.17) is 10.5 Å². The highest BCUT2D eigenvalue weighted by Gasteiger charge is 2.02. The van der Waals surface area contributed by atoms with E-state index in [1.54, 1.807) is 0 Å². The van der Waals surface area contributed by atoms with Gasteiger partial charge in [-0.05, 0) is 42.1 Å². The highest BCUT2D eigenvalue weighted by Crippen LogP contribution is 2.16. The molecule has 0 bridgehead atoms. The fraction of sp³-hybridized carbons (Fsp3) is 0.294. The number of rotatable bonds is 6. The minimum atomic E-state index is 0.524. The Bertz CT molecular complexity index is 478. The summed E-state index contributed by atoms with van der Waals surface area (Å²) in [5.74, 6) is 1.43. The Morgan fingerprint density at radius 3 is 2.26 bits per heavy atom. The average Bonchev–Trinajstić information content (AvgIpc) is 2.47. The summed E-state index contributed by atoms with van der Waals surface area (Å²) >= 11 is 0. The minimum Gasteiger partial charge on any atom is -0.489 e. The molecule has 2 rings (SSSR count). The number of nitrogens with two attached hydrogens (primary N) is 1. The molecule has 1 atom stereocenters. The number of benzene rings is 2. The second-order valence-corrected chi connectivity index (χ2v) is 4.96. The van der Waals surface area contributed by atoms with Crippen molar-refractivity contribution in [1.82, 2.24) is 0 Å². The first-order valence-electron chi connectivity index (χ1n) is 6.73. The van der Waals surface area contributed by atoms with E-state index < -0.39 is 0 Å². The molecule has 2 heteroatoms. The first kappa shape index (κ1) is 13.6. The Morgan fingerprint density at radius 1 is 0.947 bits per heavy atom. The fourth-order valence-electron chi connectivity index (χ4n) is 1.95. The third-order valence-electron chi connectivity index (χ3n) is 3.16. The van der Waals surface area contributed by atoms with Crippen LogP contribution in [-0.2, 0) is 13.0 Å². The Hall–Kier alpha value is -1.80. The largest absolute Gasteiger partial charge is 0.489 e. The van der Waals surface area contributed by atoms with Gasteiger partial charge in [-0.15, -0.1) is 0 Å². The fourth-order valence-corrected chi connectivity index (χ4v) is 1.95. The number of ether oxygens (including phenoxy) is 1. The molecule has 2 aromatic rings. The van der Waals surface area contributed by atoms with E-state index in [2.05, 4.69) is 31.2 Å². The van der Waals surface area contributed by atoms with Crippen molar-refractivity contribution in [1.29, 1.82) is 0 Å². The van der Waals surface area contributed by atoms with Gasteiger partial charge in [-0.1, -0.05) is 49.4 Å². The topological polar surface area (TPSA) is 35.2 Å². The van der Waals surface area contributed by atoms with Crippen LogP contribution in [-0.4, -0.2) is 6.54 Å². The van der Waals surface area contributed by atoms with Crippen molar-refractivity contribution >= 4 is 0 Å². The van der Waals surface area contributed by atoms with E-state index in [0.717, 1.165) is 18.7 Å². The van der Waals surface area contributed by atoms with E-state index in [-0.39, 0.29) is 0 Å². The van der Waals surface area contributed by atoms with Crippen LogP contribution < -0.4 is 10.5 Å². The maximum atomic E-state index is 5.75. The highest BCUT2D eigenvalue weighted by atomic mass is 16.5. The van der Waals surface area contributed by atoms with Gasteiger partial charge in [-0.25, -0.2) is 0 Å². The van der Waals surface area contributed by atoms with E-state index in [9.17, 15) is 0 Å². The third kappa shape index (κ3) is 4.42. The van der Waals surface area contributed by atoms with Gasteiger partial charge in [0.1, 0.15) is 12.4 Å². The number of hydrogen-bond acceptors (Lipinski definition) is 2. The van der Waals surface area contributed by atoms with Crippen molar-refractivity contribution in [3.8, 4) is 5.75 Å². The van der Waals surface area contributed by atoms with Gasteiger partial charge in [0.25, 0.3) is 0 Å². The molecule has 0 aliphatic rings. The molecular formula is C17H21NO. The van der Waals surface area contributed by atoms with Gasteiger partial charge in [-0.3, -0.25) is 0 Å². The zero-order chi connectivity index (χ0) is 13.5. The second kappa shape index (κ2) is 6.95. The molecule has 0 saturated carbocycles. The lowest BCUT2D eigenvalue weighted by Gasteiger charge is -2.10. The van der Waals surface area contributed by atoms with Crippen LogP contribution in [0, 0.1) is 5.92 Å². The summed E-state index contributed by atoms with van der Waals surface area (Å²) in [6.45, 7) is 3.51. The molecule has 0 amide bonds. The zero-order valence-electron chi connectivity index (χ0n) is 11.4. The Balaban J connectivity index is 1.88.